The van der Waals surface area contributed by atoms with Gasteiger partial charge >= 0.3 is 5.97 Å². The Balaban J connectivity index is 0.886. The number of hydrogen-bond donors (Lipinski definition) is 17. The Labute approximate surface area is 521 Å². The van der Waals surface area contributed by atoms with Gasteiger partial charge in [-0.3, -0.25) is 0 Å². The Morgan fingerprint density at radius 2 is 1.08 bits per heavy atom. The molecule has 6 saturated heterocycles. The number of aliphatic carboxylic acids is 1. The summed E-state index contributed by atoms with van der Waals surface area (Å²) >= 11 is 0. The molecule has 5 saturated carbocycles. The highest BCUT2D eigenvalue weighted by Gasteiger charge is 2.84. The molecule has 0 amide bonds. The Morgan fingerprint density at radius 3 is 1.72 bits per heavy atom. The average Bonchev–Trinajstić information content (AvgIpc) is 1.35. The lowest BCUT2D eigenvalue weighted by Gasteiger charge is -2.75. The van der Waals surface area contributed by atoms with E-state index in [4.69, 9.17) is 52.1 Å². The summed E-state index contributed by atoms with van der Waals surface area (Å²) in [5, 5.41) is 191. The van der Waals surface area contributed by atoms with Crippen molar-refractivity contribution < 1.29 is 144 Å². The summed E-state index contributed by atoms with van der Waals surface area (Å²) in [6.07, 6.45) is -44.8. The number of hydrogen-bond acceptors (Lipinski definition) is 28. The predicted molar refractivity (Wildman–Crippen MR) is 300 cm³/mol. The van der Waals surface area contributed by atoms with Crippen LogP contribution in [0.1, 0.15) is 127 Å². The van der Waals surface area contributed by atoms with E-state index in [0.29, 0.717) is 44.9 Å². The molecular formula is C61H100O29. The van der Waals surface area contributed by atoms with Gasteiger partial charge in [-0.25, -0.2) is 4.79 Å². The van der Waals surface area contributed by atoms with Gasteiger partial charge in [-0.05, 0) is 98.7 Å². The van der Waals surface area contributed by atoms with Crippen molar-refractivity contribution in [3.63, 3.8) is 0 Å². The van der Waals surface area contributed by atoms with Crippen LogP contribution < -0.4 is 0 Å². The minimum absolute atomic E-state index is 0.0248. The third-order valence-corrected chi connectivity index (χ3v) is 25.0. The molecule has 518 valence electrons. The van der Waals surface area contributed by atoms with Crippen LogP contribution in [0.4, 0.5) is 0 Å². The largest absolute Gasteiger partial charge is 0.479 e. The number of aliphatic hydroxyl groups is 16. The predicted octanol–water partition coefficient (Wildman–Crippen LogP) is -3.70. The molecule has 11 fully saturated rings. The average molecular weight is 1300 g/mol. The second kappa shape index (κ2) is 24.7. The van der Waals surface area contributed by atoms with E-state index in [1.165, 1.54) is 13.8 Å². The zero-order valence-electron chi connectivity index (χ0n) is 52.5. The lowest BCUT2D eigenvalue weighted by molar-refractivity contribution is -0.394. The van der Waals surface area contributed by atoms with Crippen molar-refractivity contribution in [3.05, 3.63) is 0 Å². The minimum atomic E-state index is -2.21. The van der Waals surface area contributed by atoms with E-state index < -0.39 is 248 Å². The maximum absolute atomic E-state index is 13.5. The first kappa shape index (κ1) is 69.7. The summed E-state index contributed by atoms with van der Waals surface area (Å²) < 4.78 is 68.8. The van der Waals surface area contributed by atoms with E-state index in [0.717, 1.165) is 0 Å². The van der Waals surface area contributed by atoms with Crippen LogP contribution in [0.15, 0.2) is 0 Å². The number of aliphatic hydroxyl groups excluding tert-OH is 16. The summed E-state index contributed by atoms with van der Waals surface area (Å²) in [5.41, 5.74) is -5.56. The molecule has 17 unspecified atom stereocenters. The molecule has 90 heavy (non-hydrogen) atoms. The van der Waals surface area contributed by atoms with Gasteiger partial charge in [0.1, 0.15) is 85.5 Å². The molecule has 1 spiro atoms. The van der Waals surface area contributed by atoms with Gasteiger partial charge in [-0.2, -0.15) is 0 Å². The van der Waals surface area contributed by atoms with Gasteiger partial charge in [-0.15, -0.1) is 0 Å². The first-order valence-corrected chi connectivity index (χ1v) is 32.2. The van der Waals surface area contributed by atoms with E-state index in [9.17, 15) is 91.6 Å². The van der Waals surface area contributed by atoms with Gasteiger partial charge in [-0.1, -0.05) is 48.5 Å². The van der Waals surface area contributed by atoms with E-state index in [1.54, 1.807) is 0 Å². The highest BCUT2D eigenvalue weighted by molar-refractivity contribution is 5.73. The van der Waals surface area contributed by atoms with Crippen LogP contribution in [0.2, 0.25) is 0 Å². The molecule has 11 rings (SSSR count). The molecule has 0 aromatic carbocycles. The van der Waals surface area contributed by atoms with Gasteiger partial charge in [0, 0.05) is 24.2 Å². The van der Waals surface area contributed by atoms with Gasteiger partial charge in [0.2, 0.25) is 0 Å². The monoisotopic (exact) mass is 1300 g/mol. The van der Waals surface area contributed by atoms with Crippen LogP contribution in [0, 0.1) is 50.2 Å². The van der Waals surface area contributed by atoms with Crippen molar-refractivity contribution in [1.29, 1.82) is 0 Å². The molecule has 17 N–H and O–H groups in total. The normalized spacial score (nSPS) is 57.5. The highest BCUT2D eigenvalue weighted by atomic mass is 16.8. The molecule has 0 radical (unpaired) electrons. The second-order valence-corrected chi connectivity index (χ2v) is 30.4. The summed E-state index contributed by atoms with van der Waals surface area (Å²) in [6.45, 7) is 15.7. The van der Waals surface area contributed by atoms with Crippen LogP contribution in [0.3, 0.4) is 0 Å². The minimum Gasteiger partial charge on any atom is -0.479 e. The Bertz CT molecular complexity index is 2540. The van der Waals surface area contributed by atoms with Gasteiger partial charge in [0.15, 0.2) is 43.8 Å². The van der Waals surface area contributed by atoms with E-state index in [2.05, 4.69) is 34.6 Å². The van der Waals surface area contributed by atoms with Crippen LogP contribution in [-0.4, -0.2) is 290 Å². The summed E-state index contributed by atoms with van der Waals surface area (Å²) in [6, 6.07) is 0. The van der Waals surface area contributed by atoms with E-state index in [1.807, 2.05) is 13.8 Å². The zero-order chi connectivity index (χ0) is 65.8. The molecule has 6 heterocycles. The topological polar surface area (TPSA) is 463 Å². The molecule has 0 aromatic heterocycles. The Morgan fingerprint density at radius 1 is 0.500 bits per heavy atom. The number of ether oxygens (including phenoxy) is 11. The number of fused-ring (bicyclic) bond motifs is 4. The van der Waals surface area contributed by atoms with Crippen LogP contribution in [0.25, 0.3) is 0 Å². The fourth-order valence-corrected chi connectivity index (χ4v) is 19.7. The first-order chi connectivity index (χ1) is 42.0. The fraction of sp³-hybridized carbons (Fsp3) is 0.984. The molecule has 11 aliphatic rings. The summed E-state index contributed by atoms with van der Waals surface area (Å²) in [4.78, 5) is 13.5. The smallest absolute Gasteiger partial charge is 0.335 e. The molecule has 37 atom stereocenters. The SMILES string of the molecule is CC1O[C@@H](OC2C(O)[C@@H](O)C(C)O[C@H]2OC2C(O)[C@@H](O)C(CO)O[C@H]2OC2CC(O[C@@H]3OC(CO)[C@H](O)CC3O)[C@H](O[C@H]3CC[C@@]4(C)C(CC[C@]5(C)C4CC[C@]46O[C@H](O)[C@]7(C4CC(C)(C)[C@@H](O)[C@@H]7O)[C@H](O)C[C@]65C)C3(C)C)OC(C(=O)O)[C@H]2O)C(O)C(O)[C@H]1O. The number of carboxylic acid groups (broad SMARTS) is 1. The van der Waals surface area contributed by atoms with E-state index in [-0.39, 0.29) is 24.7 Å². The molecular weight excluding hydrogens is 1200 g/mol. The molecule has 5 aliphatic carbocycles. The van der Waals surface area contributed by atoms with Crippen molar-refractivity contribution in [2.75, 3.05) is 13.2 Å². The maximum atomic E-state index is 13.5. The summed E-state index contributed by atoms with van der Waals surface area (Å²) in [7, 11) is 0. The molecule has 29 nitrogen and oxygen atoms in total. The Hall–Kier alpha value is -1.61. The third kappa shape index (κ3) is 10.6. The lowest BCUT2D eigenvalue weighted by Crippen LogP contribution is -2.76. The van der Waals surface area contributed by atoms with Crippen molar-refractivity contribution in [3.8, 4) is 0 Å². The van der Waals surface area contributed by atoms with Gasteiger partial charge < -0.3 is 139 Å². The third-order valence-electron chi connectivity index (χ3n) is 25.0. The van der Waals surface area contributed by atoms with Crippen molar-refractivity contribution in [2.45, 2.75) is 310 Å². The quantitative estimate of drug-likeness (QED) is 0.0844. The number of rotatable bonds is 13. The molecule has 0 aromatic rings. The van der Waals surface area contributed by atoms with Crippen LogP contribution in [0.5, 0.6) is 0 Å². The fourth-order valence-electron chi connectivity index (χ4n) is 19.7. The van der Waals surface area contributed by atoms with Crippen molar-refractivity contribution >= 4 is 5.97 Å². The van der Waals surface area contributed by atoms with E-state index >= 15 is 0 Å². The van der Waals surface area contributed by atoms with Crippen LogP contribution >= 0.6 is 0 Å². The van der Waals surface area contributed by atoms with Gasteiger partial charge in [0.05, 0.1) is 73.1 Å². The van der Waals surface area contributed by atoms with Gasteiger partial charge in [0.25, 0.3) is 0 Å². The molecule has 29 heteroatoms. The zero-order valence-corrected chi connectivity index (χ0v) is 52.5. The Kier molecular flexibility index (Phi) is 19.2. The van der Waals surface area contributed by atoms with Crippen molar-refractivity contribution in [2.24, 2.45) is 50.2 Å². The second-order valence-electron chi connectivity index (χ2n) is 30.4. The standard InChI is InChI=1S/C61H100O29/c1-22-35(67)39(71)42(74)51(80-22)88-44-40(72)36(68)23(2)81-52(44)89-45-41(73)37(69)29(21-63)85-53(45)82-26-17-27(83-49-25(65)16-24(64)28(20-62)84-49)50(87-43(38(26)70)48(77)78)86-34-12-13-57(7)30(56(34,5)6)10-14-58(8)31(57)11-15-60-32-18-55(3,4)46(75)47(76)61(32,54(79)90-60)33(66)19-59(58,60)9/h22-47,49-54,62-76,79H,10-21H2,1-9H3,(H,77,78)/t22?,23?,24-,25?,26?,27?,28?,29?,30?,31?,32?,33-,34+,35+,36+,37+,38+,39?,40?,41?,42?,43?,44?,45?,46+,47+,49-,50-,51+,52+,53-,54+,57+,58-,59+,60+,61-/m1/s1. The highest BCUT2D eigenvalue weighted by Crippen LogP contribution is 2.81. The number of carbonyl (C=O) groups is 1. The number of carboxylic acids is 1. The molecule has 2 bridgehead atoms. The maximum Gasteiger partial charge on any atom is 0.335 e. The van der Waals surface area contributed by atoms with Crippen LogP contribution in [-0.2, 0) is 56.9 Å². The first-order valence-electron chi connectivity index (χ1n) is 32.2. The molecule has 6 aliphatic heterocycles. The lowest BCUT2D eigenvalue weighted by atomic mass is 9.30. The van der Waals surface area contributed by atoms with Crippen molar-refractivity contribution in [1.82, 2.24) is 0 Å². The summed E-state index contributed by atoms with van der Waals surface area (Å²) in [5.74, 6) is -2.24.